The highest BCUT2D eigenvalue weighted by molar-refractivity contribution is 6.31. The van der Waals surface area contributed by atoms with Crippen LogP contribution in [0.25, 0.3) is 0 Å². The Balaban J connectivity index is 1.91. The molecular weight excluding hydrogens is 487 g/mol. The summed E-state index contributed by atoms with van der Waals surface area (Å²) < 4.78 is 11.4. The van der Waals surface area contributed by atoms with Crippen LogP contribution in [0, 0.1) is 5.92 Å². The molecule has 3 aromatic carbocycles. The first-order valence-corrected chi connectivity index (χ1v) is 12.0. The van der Waals surface area contributed by atoms with Gasteiger partial charge in [-0.15, -0.1) is 0 Å². The Hall–Kier alpha value is -3.22. The molecule has 6 nitrogen and oxygen atoms in total. The van der Waals surface area contributed by atoms with E-state index in [1.165, 1.54) is 0 Å². The molecule has 0 saturated carbocycles. The third-order valence-electron chi connectivity index (χ3n) is 5.20. The zero-order valence-corrected chi connectivity index (χ0v) is 21.3. The molecule has 0 aliphatic heterocycles. The molecule has 0 unspecified atom stereocenters. The molecular formula is C27H28Cl2N2O4. The van der Waals surface area contributed by atoms with Gasteiger partial charge in [0.15, 0.2) is 11.5 Å². The Bertz CT molecular complexity index is 1120. The lowest BCUT2D eigenvalue weighted by Gasteiger charge is -2.22. The number of carbonyl (C=O) groups excluding carboxylic acids is 2. The fourth-order valence-corrected chi connectivity index (χ4v) is 3.66. The third kappa shape index (κ3) is 7.64. The number of benzene rings is 3. The van der Waals surface area contributed by atoms with Crippen LogP contribution < -0.4 is 20.1 Å². The highest BCUT2D eigenvalue weighted by Crippen LogP contribution is 2.30. The Morgan fingerprint density at radius 3 is 1.89 bits per heavy atom. The molecule has 0 heterocycles. The van der Waals surface area contributed by atoms with Crippen molar-refractivity contribution in [3.8, 4) is 11.5 Å². The van der Waals surface area contributed by atoms with Crippen LogP contribution in [-0.4, -0.2) is 25.5 Å². The van der Waals surface area contributed by atoms with E-state index < -0.39 is 18.0 Å². The topological polar surface area (TPSA) is 76.7 Å². The Labute approximate surface area is 215 Å². The highest BCUT2D eigenvalue weighted by Gasteiger charge is 2.21. The van der Waals surface area contributed by atoms with Crippen LogP contribution in [0.5, 0.6) is 11.5 Å². The summed E-state index contributed by atoms with van der Waals surface area (Å²) in [6, 6.07) is 18.4. The van der Waals surface area contributed by atoms with E-state index in [2.05, 4.69) is 24.5 Å². The molecule has 0 spiro atoms. The van der Waals surface area contributed by atoms with Gasteiger partial charge < -0.3 is 20.1 Å². The van der Waals surface area contributed by atoms with E-state index in [-0.39, 0.29) is 0 Å². The van der Waals surface area contributed by atoms with Crippen molar-refractivity contribution in [2.24, 2.45) is 5.92 Å². The van der Waals surface area contributed by atoms with Crippen LogP contribution in [0.1, 0.15) is 52.7 Å². The van der Waals surface area contributed by atoms with E-state index in [0.717, 1.165) is 6.42 Å². The van der Waals surface area contributed by atoms with Crippen molar-refractivity contribution in [3.63, 3.8) is 0 Å². The van der Waals surface area contributed by atoms with Gasteiger partial charge in [0.05, 0.1) is 13.7 Å². The van der Waals surface area contributed by atoms with Crippen molar-refractivity contribution in [1.82, 2.24) is 10.6 Å². The zero-order valence-electron chi connectivity index (χ0n) is 19.8. The first kappa shape index (κ1) is 26.4. The molecule has 0 fully saturated rings. The third-order valence-corrected chi connectivity index (χ3v) is 5.67. The van der Waals surface area contributed by atoms with Crippen LogP contribution in [0.15, 0.2) is 66.7 Å². The predicted octanol–water partition coefficient (Wildman–Crippen LogP) is 6.29. The van der Waals surface area contributed by atoms with Crippen LogP contribution >= 0.6 is 23.2 Å². The first-order valence-electron chi connectivity index (χ1n) is 11.2. The van der Waals surface area contributed by atoms with Crippen molar-refractivity contribution < 1.29 is 19.1 Å². The average molecular weight is 515 g/mol. The molecule has 0 saturated heterocycles. The van der Waals surface area contributed by atoms with Crippen LogP contribution in [0.4, 0.5) is 0 Å². The lowest BCUT2D eigenvalue weighted by atomic mass is 10.1. The number of methoxy groups -OCH3 is 1. The molecule has 0 aliphatic rings. The molecule has 184 valence electrons. The van der Waals surface area contributed by atoms with Gasteiger partial charge in [0.2, 0.25) is 0 Å². The summed E-state index contributed by atoms with van der Waals surface area (Å²) in [4.78, 5) is 26.0. The van der Waals surface area contributed by atoms with E-state index >= 15 is 0 Å². The van der Waals surface area contributed by atoms with Crippen molar-refractivity contribution >= 4 is 35.0 Å². The quantitative estimate of drug-likeness (QED) is 0.312. The Kier molecular flexibility index (Phi) is 9.40. The lowest BCUT2D eigenvalue weighted by Crippen LogP contribution is -2.41. The number of hydrogen-bond acceptors (Lipinski definition) is 4. The molecule has 3 aromatic rings. The molecule has 0 radical (unpaired) electrons. The number of halogens is 2. The maximum Gasteiger partial charge on any atom is 0.253 e. The van der Waals surface area contributed by atoms with Gasteiger partial charge >= 0.3 is 0 Å². The molecule has 0 bridgehead atoms. The summed E-state index contributed by atoms with van der Waals surface area (Å²) in [5.41, 5.74) is 1.33. The molecule has 2 N–H and O–H groups in total. The highest BCUT2D eigenvalue weighted by atomic mass is 35.5. The Morgan fingerprint density at radius 1 is 0.829 bits per heavy atom. The molecule has 3 rings (SSSR count). The van der Waals surface area contributed by atoms with Crippen molar-refractivity contribution in [1.29, 1.82) is 0 Å². The van der Waals surface area contributed by atoms with Crippen LogP contribution in [-0.2, 0) is 0 Å². The monoisotopic (exact) mass is 514 g/mol. The van der Waals surface area contributed by atoms with Gasteiger partial charge in [-0.2, -0.15) is 0 Å². The number of rotatable bonds is 10. The fourth-order valence-electron chi connectivity index (χ4n) is 3.28. The normalized spacial score (nSPS) is 10.8. The smallest absolute Gasteiger partial charge is 0.253 e. The van der Waals surface area contributed by atoms with Gasteiger partial charge in [0.1, 0.15) is 6.17 Å². The van der Waals surface area contributed by atoms with E-state index in [1.54, 1.807) is 73.8 Å². The Morgan fingerprint density at radius 2 is 1.40 bits per heavy atom. The predicted molar refractivity (Wildman–Crippen MR) is 139 cm³/mol. The summed E-state index contributed by atoms with van der Waals surface area (Å²) in [7, 11) is 1.56. The molecule has 0 aromatic heterocycles. The minimum absolute atomic E-state index is 0.362. The summed E-state index contributed by atoms with van der Waals surface area (Å²) in [6.07, 6.45) is -0.000285. The fraction of sp³-hybridized carbons (Fsp3) is 0.259. The van der Waals surface area contributed by atoms with Crippen LogP contribution in [0.3, 0.4) is 0 Å². The summed E-state index contributed by atoms with van der Waals surface area (Å²) in [6.45, 7) is 4.74. The summed E-state index contributed by atoms with van der Waals surface area (Å²) in [5.74, 6) is 0.748. The second-order valence-electron chi connectivity index (χ2n) is 8.34. The summed E-state index contributed by atoms with van der Waals surface area (Å²) >= 11 is 12.1. The number of amides is 2. The van der Waals surface area contributed by atoms with Crippen molar-refractivity contribution in [3.05, 3.63) is 93.5 Å². The van der Waals surface area contributed by atoms with E-state index in [9.17, 15) is 9.59 Å². The molecule has 0 aliphatic carbocycles. The first-order chi connectivity index (χ1) is 16.8. The van der Waals surface area contributed by atoms with Crippen molar-refractivity contribution in [2.45, 2.75) is 26.4 Å². The second-order valence-corrected chi connectivity index (χ2v) is 9.21. The minimum Gasteiger partial charge on any atom is -0.493 e. The number of nitrogens with one attached hydrogen (secondary N) is 2. The second kappa shape index (κ2) is 12.5. The van der Waals surface area contributed by atoms with Gasteiger partial charge in [-0.05, 0) is 66.4 Å². The van der Waals surface area contributed by atoms with E-state index in [0.29, 0.717) is 50.8 Å². The van der Waals surface area contributed by atoms with E-state index in [4.69, 9.17) is 32.7 Å². The zero-order chi connectivity index (χ0) is 25.4. The largest absolute Gasteiger partial charge is 0.493 e. The average Bonchev–Trinajstić information content (AvgIpc) is 2.83. The minimum atomic E-state index is -0.869. The van der Waals surface area contributed by atoms with Gasteiger partial charge in [-0.25, -0.2) is 0 Å². The number of carbonyl (C=O) groups is 2. The molecule has 8 heteroatoms. The standard InChI is InChI=1S/C27H28Cl2N2O4/c1-17(2)12-13-35-24-16-18(10-11-23(24)34-3)25(30-26(32)19-6-4-8-21(28)14-19)31-27(33)20-7-5-9-22(29)15-20/h4-11,14-17,25H,12-13H2,1-3H3,(H,30,32)(H,31,33). The van der Waals surface area contributed by atoms with Gasteiger partial charge in [0.25, 0.3) is 11.8 Å². The maximum atomic E-state index is 13.0. The number of hydrogen-bond donors (Lipinski definition) is 2. The van der Waals surface area contributed by atoms with Gasteiger partial charge in [-0.1, -0.05) is 55.2 Å². The van der Waals surface area contributed by atoms with Gasteiger partial charge in [0, 0.05) is 21.2 Å². The van der Waals surface area contributed by atoms with Crippen molar-refractivity contribution in [2.75, 3.05) is 13.7 Å². The summed E-state index contributed by atoms with van der Waals surface area (Å²) in [5, 5.41) is 6.61. The maximum absolute atomic E-state index is 13.0. The molecule has 0 atom stereocenters. The SMILES string of the molecule is COc1ccc(C(NC(=O)c2cccc(Cl)c2)NC(=O)c2cccc(Cl)c2)cc1OCCC(C)C. The molecule has 35 heavy (non-hydrogen) atoms. The number of ether oxygens (including phenoxy) is 2. The van der Waals surface area contributed by atoms with Crippen LogP contribution in [0.2, 0.25) is 10.0 Å². The van der Waals surface area contributed by atoms with E-state index in [1.807, 2.05) is 0 Å². The van der Waals surface area contributed by atoms with Gasteiger partial charge in [-0.3, -0.25) is 9.59 Å². The lowest BCUT2D eigenvalue weighted by molar-refractivity contribution is 0.0883. The molecule has 2 amide bonds.